The minimum Gasteiger partial charge on any atom is -0.308 e. The van der Waals surface area contributed by atoms with E-state index < -0.39 is 0 Å². The normalized spacial score (nSPS) is 14.9. The number of amides is 1. The van der Waals surface area contributed by atoms with Gasteiger partial charge in [0.25, 0.3) is 11.5 Å². The van der Waals surface area contributed by atoms with Gasteiger partial charge in [-0.1, -0.05) is 22.9 Å². The summed E-state index contributed by atoms with van der Waals surface area (Å²) in [5.41, 5.74) is 2.80. The zero-order valence-corrected chi connectivity index (χ0v) is 19.1. The molecule has 1 aromatic heterocycles. The molecule has 0 saturated heterocycles. The number of hydrogen-bond donors (Lipinski definition) is 0. The molecule has 0 N–H and O–H groups in total. The minimum absolute atomic E-state index is 0.0630. The van der Waals surface area contributed by atoms with Crippen molar-refractivity contribution in [2.24, 2.45) is 7.05 Å². The van der Waals surface area contributed by atoms with Crippen LogP contribution in [0.25, 0.3) is 22.6 Å². The molecule has 0 saturated carbocycles. The number of rotatable bonds is 3. The molecule has 28 heavy (non-hydrogen) atoms. The molecular formula is C21H17BrIN3O2. The summed E-state index contributed by atoms with van der Waals surface area (Å²) in [6.45, 7) is 2.69. The Labute approximate surface area is 184 Å². The van der Waals surface area contributed by atoms with E-state index in [-0.39, 0.29) is 11.5 Å². The summed E-state index contributed by atoms with van der Waals surface area (Å²) in [7, 11) is 1.69. The van der Waals surface area contributed by atoms with Crippen molar-refractivity contribution < 1.29 is 4.79 Å². The average molecular weight is 550 g/mol. The van der Waals surface area contributed by atoms with Crippen molar-refractivity contribution in [2.75, 3.05) is 11.4 Å². The van der Waals surface area contributed by atoms with Gasteiger partial charge in [0.05, 0.1) is 22.2 Å². The van der Waals surface area contributed by atoms with Gasteiger partial charge in [-0.25, -0.2) is 4.98 Å². The zero-order valence-electron chi connectivity index (χ0n) is 15.4. The first kappa shape index (κ1) is 19.3. The molecule has 0 radical (unpaired) electrons. The number of anilines is 1. The van der Waals surface area contributed by atoms with E-state index in [4.69, 9.17) is 0 Å². The quantitative estimate of drug-likeness (QED) is 0.354. The Balaban J connectivity index is 1.93. The van der Waals surface area contributed by atoms with Gasteiger partial charge in [0, 0.05) is 27.2 Å². The van der Waals surface area contributed by atoms with Gasteiger partial charge < -0.3 is 4.90 Å². The molecule has 0 spiro atoms. The maximum atomic E-state index is 13.1. The Bertz CT molecular complexity index is 1220. The molecule has 1 aliphatic rings. The van der Waals surface area contributed by atoms with Gasteiger partial charge in [-0.2, -0.15) is 0 Å². The third kappa shape index (κ3) is 3.20. The number of carbonyl (C=O) groups is 1. The Morgan fingerprint density at radius 2 is 1.96 bits per heavy atom. The smallest absolute Gasteiger partial charge is 0.261 e. The van der Waals surface area contributed by atoms with Crippen LogP contribution < -0.4 is 10.5 Å². The third-order valence-corrected chi connectivity index (χ3v) is 5.97. The molecule has 2 heterocycles. The standard InChI is InChI=1S/C21H17BrIN3O2/c1-3-8-26-18-7-4-12(22)9-14(18)15(21(26)28)11-19-24-17-6-5-13(23)10-16(17)20(27)25(19)2/h4-7,9-11H,3,8H2,1-2H3. The summed E-state index contributed by atoms with van der Waals surface area (Å²) < 4.78 is 3.38. The lowest BCUT2D eigenvalue weighted by Crippen LogP contribution is -2.27. The molecule has 1 amide bonds. The van der Waals surface area contributed by atoms with Gasteiger partial charge in [0.1, 0.15) is 5.82 Å². The highest BCUT2D eigenvalue weighted by molar-refractivity contribution is 14.1. The SMILES string of the molecule is CCCN1C(=O)C(=Cc2nc3ccc(I)cc3c(=O)n2C)c2cc(Br)ccc21. The number of aromatic nitrogens is 2. The van der Waals surface area contributed by atoms with Crippen LogP contribution in [0, 0.1) is 3.57 Å². The van der Waals surface area contributed by atoms with E-state index in [1.165, 1.54) is 4.57 Å². The topological polar surface area (TPSA) is 55.2 Å². The van der Waals surface area contributed by atoms with Crippen LogP contribution in [0.1, 0.15) is 24.7 Å². The molecule has 3 aromatic rings. The van der Waals surface area contributed by atoms with Crippen molar-refractivity contribution in [3.63, 3.8) is 0 Å². The van der Waals surface area contributed by atoms with E-state index in [1.54, 1.807) is 18.0 Å². The molecule has 0 fully saturated rings. The lowest BCUT2D eigenvalue weighted by Gasteiger charge is -2.15. The van der Waals surface area contributed by atoms with Crippen LogP contribution in [0.15, 0.2) is 45.7 Å². The summed E-state index contributed by atoms with van der Waals surface area (Å²) in [5.74, 6) is 0.401. The number of fused-ring (bicyclic) bond motifs is 2. The molecule has 0 atom stereocenters. The van der Waals surface area contributed by atoms with Crippen LogP contribution in [-0.2, 0) is 11.8 Å². The van der Waals surface area contributed by atoms with E-state index in [0.717, 1.165) is 25.7 Å². The van der Waals surface area contributed by atoms with Gasteiger partial charge in [0.15, 0.2) is 0 Å². The van der Waals surface area contributed by atoms with Gasteiger partial charge >= 0.3 is 0 Å². The summed E-state index contributed by atoms with van der Waals surface area (Å²) in [6, 6.07) is 11.4. The lowest BCUT2D eigenvalue weighted by molar-refractivity contribution is -0.113. The van der Waals surface area contributed by atoms with Crippen molar-refractivity contribution in [1.82, 2.24) is 9.55 Å². The molecule has 0 unspecified atom stereocenters. The van der Waals surface area contributed by atoms with Crippen LogP contribution in [0.3, 0.4) is 0 Å². The second-order valence-electron chi connectivity index (χ2n) is 6.67. The number of nitrogens with zero attached hydrogens (tertiary/aromatic N) is 3. The summed E-state index contributed by atoms with van der Waals surface area (Å²) >= 11 is 5.67. The van der Waals surface area contributed by atoms with Crippen molar-refractivity contribution in [2.45, 2.75) is 13.3 Å². The van der Waals surface area contributed by atoms with Gasteiger partial charge in [-0.05, 0) is 71.5 Å². The van der Waals surface area contributed by atoms with E-state index >= 15 is 0 Å². The predicted octanol–water partition coefficient (Wildman–Crippen LogP) is 4.60. The Hall–Kier alpha value is -2.00. The van der Waals surface area contributed by atoms with Crippen LogP contribution in [-0.4, -0.2) is 22.0 Å². The van der Waals surface area contributed by atoms with Crippen LogP contribution in [0.4, 0.5) is 5.69 Å². The van der Waals surface area contributed by atoms with Crippen molar-refractivity contribution in [3.8, 4) is 0 Å². The average Bonchev–Trinajstić information content (AvgIpc) is 2.92. The Kier molecular flexibility index (Phi) is 5.13. The van der Waals surface area contributed by atoms with Crippen LogP contribution >= 0.6 is 38.5 Å². The fourth-order valence-corrected chi connectivity index (χ4v) is 4.29. The first-order chi connectivity index (χ1) is 13.4. The zero-order chi connectivity index (χ0) is 20.0. The lowest BCUT2D eigenvalue weighted by atomic mass is 10.1. The molecule has 7 heteroatoms. The number of benzene rings is 2. The maximum Gasteiger partial charge on any atom is 0.261 e. The molecule has 0 bridgehead atoms. The molecule has 142 valence electrons. The highest BCUT2D eigenvalue weighted by Gasteiger charge is 2.32. The van der Waals surface area contributed by atoms with Crippen molar-refractivity contribution in [1.29, 1.82) is 0 Å². The second kappa shape index (κ2) is 7.44. The Morgan fingerprint density at radius 1 is 1.18 bits per heavy atom. The molecule has 5 nitrogen and oxygen atoms in total. The van der Waals surface area contributed by atoms with E-state index in [1.807, 2.05) is 43.3 Å². The van der Waals surface area contributed by atoms with Gasteiger partial charge in [0.2, 0.25) is 0 Å². The number of carbonyl (C=O) groups excluding carboxylic acids is 1. The second-order valence-corrected chi connectivity index (χ2v) is 8.83. The highest BCUT2D eigenvalue weighted by atomic mass is 127. The summed E-state index contributed by atoms with van der Waals surface area (Å²) in [4.78, 5) is 32.3. The summed E-state index contributed by atoms with van der Waals surface area (Å²) in [6.07, 6.45) is 2.59. The van der Waals surface area contributed by atoms with Crippen molar-refractivity contribution in [3.05, 3.63) is 66.2 Å². The number of halogens is 2. The molecule has 1 aliphatic heterocycles. The molecule has 4 rings (SSSR count). The third-order valence-electron chi connectivity index (χ3n) is 4.81. The molecular weight excluding hydrogens is 533 g/mol. The predicted molar refractivity (Wildman–Crippen MR) is 124 cm³/mol. The highest BCUT2D eigenvalue weighted by Crippen LogP contribution is 2.39. The van der Waals surface area contributed by atoms with Crippen molar-refractivity contribution >= 4 is 72.7 Å². The number of hydrogen-bond acceptors (Lipinski definition) is 3. The maximum absolute atomic E-state index is 13.1. The van der Waals surface area contributed by atoms with E-state index in [9.17, 15) is 9.59 Å². The fraction of sp³-hybridized carbons (Fsp3) is 0.190. The Morgan fingerprint density at radius 3 is 2.71 bits per heavy atom. The van der Waals surface area contributed by atoms with E-state index in [0.29, 0.717) is 28.8 Å². The largest absolute Gasteiger partial charge is 0.308 e. The monoisotopic (exact) mass is 549 g/mol. The van der Waals surface area contributed by atoms with Crippen LogP contribution in [0.2, 0.25) is 0 Å². The summed E-state index contributed by atoms with van der Waals surface area (Å²) in [5, 5.41) is 0.574. The van der Waals surface area contributed by atoms with Crippen LogP contribution in [0.5, 0.6) is 0 Å². The first-order valence-corrected chi connectivity index (χ1v) is 10.8. The van der Waals surface area contributed by atoms with Gasteiger partial charge in [-0.15, -0.1) is 0 Å². The van der Waals surface area contributed by atoms with E-state index in [2.05, 4.69) is 43.5 Å². The fourth-order valence-electron chi connectivity index (χ4n) is 3.43. The first-order valence-electron chi connectivity index (χ1n) is 8.90. The molecule has 0 aliphatic carbocycles. The molecule has 2 aromatic carbocycles. The minimum atomic E-state index is -0.124. The van der Waals surface area contributed by atoms with Gasteiger partial charge in [-0.3, -0.25) is 14.2 Å².